The Morgan fingerprint density at radius 1 is 0.758 bits per heavy atom. The van der Waals surface area contributed by atoms with Gasteiger partial charge in [-0.3, -0.25) is 0 Å². The highest BCUT2D eigenvalue weighted by atomic mass is 32.2. The summed E-state index contributed by atoms with van der Waals surface area (Å²) in [5, 5.41) is 0.926. The molecule has 0 radical (unpaired) electrons. The van der Waals surface area contributed by atoms with Crippen LogP contribution in [-0.2, 0) is 9.84 Å². The van der Waals surface area contributed by atoms with E-state index in [9.17, 15) is 8.42 Å². The average molecular weight is 459 g/mol. The van der Waals surface area contributed by atoms with Crippen LogP contribution in [0.4, 0.5) is 11.4 Å². The minimum absolute atomic E-state index is 0.309. The molecule has 1 aliphatic heterocycles. The summed E-state index contributed by atoms with van der Waals surface area (Å²) < 4.78 is 27.3. The van der Waals surface area contributed by atoms with Gasteiger partial charge in [-0.2, -0.15) is 0 Å². The van der Waals surface area contributed by atoms with Crippen molar-refractivity contribution in [2.75, 3.05) is 36.0 Å². The average Bonchev–Trinajstić information content (AvgIpc) is 2.86. The number of hydrogen-bond acceptors (Lipinski definition) is 4. The number of benzene rings is 3. The number of aryl methyl sites for hydroxylation is 1. The van der Waals surface area contributed by atoms with Gasteiger partial charge in [-0.15, -0.1) is 0 Å². The number of fused-ring (bicyclic) bond motifs is 1. The number of sulfone groups is 1. The first-order valence-electron chi connectivity index (χ1n) is 11.3. The zero-order valence-corrected chi connectivity index (χ0v) is 19.8. The number of para-hydroxylation sites is 1. The molecular weight excluding hydrogens is 430 g/mol. The highest BCUT2D eigenvalue weighted by Gasteiger charge is 2.31. The smallest absolute Gasteiger partial charge is 0.214 e. The Labute approximate surface area is 195 Å². The summed E-state index contributed by atoms with van der Waals surface area (Å²) in [5.74, 6) is 0. The fraction of sp³-hybridized carbons (Fsp3) is 0.222. The van der Waals surface area contributed by atoms with Crippen molar-refractivity contribution in [3.8, 4) is 0 Å². The van der Waals surface area contributed by atoms with E-state index >= 15 is 0 Å². The number of H-pyrrole nitrogens is 1. The Kier molecular flexibility index (Phi) is 5.54. The number of hydrogen-bond donors (Lipinski definition) is 0. The largest absolute Gasteiger partial charge is 0.368 e. The summed E-state index contributed by atoms with van der Waals surface area (Å²) in [6.45, 7) is 7.48. The van der Waals surface area contributed by atoms with Crippen LogP contribution >= 0.6 is 0 Å². The van der Waals surface area contributed by atoms with Crippen LogP contribution in [0.5, 0.6) is 0 Å². The van der Waals surface area contributed by atoms with E-state index in [1.54, 1.807) is 30.5 Å². The SMILES string of the molecule is Cc1cccc(N2CCN(c3c(S(=O)(=O)c4ccccc4)c[nH+]c4ccccc34)CC2)c1C. The molecule has 168 valence electrons. The van der Waals surface area contributed by atoms with Gasteiger partial charge in [0, 0.05) is 37.9 Å². The summed E-state index contributed by atoms with van der Waals surface area (Å²) in [4.78, 5) is 8.48. The molecule has 1 N–H and O–H groups in total. The third-order valence-electron chi connectivity index (χ3n) is 6.63. The summed E-state index contributed by atoms with van der Waals surface area (Å²) in [6.07, 6.45) is 1.65. The van der Waals surface area contributed by atoms with Gasteiger partial charge in [-0.25, -0.2) is 13.4 Å². The second-order valence-electron chi connectivity index (χ2n) is 8.56. The van der Waals surface area contributed by atoms with E-state index in [0.717, 1.165) is 42.8 Å². The molecular formula is C27H28N3O2S+. The number of piperazine rings is 1. The molecule has 1 fully saturated rings. The fourth-order valence-corrected chi connectivity index (χ4v) is 6.14. The zero-order valence-electron chi connectivity index (χ0n) is 19.0. The summed E-state index contributed by atoms with van der Waals surface area (Å²) >= 11 is 0. The molecule has 5 nitrogen and oxygen atoms in total. The van der Waals surface area contributed by atoms with E-state index in [4.69, 9.17) is 0 Å². The predicted molar refractivity (Wildman–Crippen MR) is 133 cm³/mol. The highest BCUT2D eigenvalue weighted by molar-refractivity contribution is 7.91. The van der Waals surface area contributed by atoms with E-state index in [0.29, 0.717) is 9.79 Å². The molecule has 5 rings (SSSR count). The van der Waals surface area contributed by atoms with Crippen LogP contribution in [0.15, 0.2) is 88.8 Å². The number of pyridine rings is 1. The molecule has 6 heteroatoms. The minimum Gasteiger partial charge on any atom is -0.368 e. The van der Waals surface area contributed by atoms with Gasteiger partial charge in [-0.05, 0) is 49.2 Å². The normalized spacial score (nSPS) is 14.6. The summed E-state index contributed by atoms with van der Waals surface area (Å²) in [5.41, 5.74) is 5.57. The number of rotatable bonds is 4. The second kappa shape index (κ2) is 8.52. The van der Waals surface area contributed by atoms with Crippen molar-refractivity contribution in [3.63, 3.8) is 0 Å². The number of nitrogens with zero attached hydrogens (tertiary/aromatic N) is 2. The lowest BCUT2D eigenvalue weighted by molar-refractivity contribution is -0.347. The van der Waals surface area contributed by atoms with Crippen LogP contribution in [0.1, 0.15) is 11.1 Å². The number of aromatic nitrogens is 1. The van der Waals surface area contributed by atoms with E-state index in [-0.39, 0.29) is 0 Å². The second-order valence-corrected chi connectivity index (χ2v) is 10.5. The number of anilines is 2. The van der Waals surface area contributed by atoms with E-state index < -0.39 is 9.84 Å². The first kappa shape index (κ1) is 21.5. The number of aromatic amines is 1. The predicted octanol–water partition coefficient (Wildman–Crippen LogP) is 4.43. The Morgan fingerprint density at radius 2 is 1.42 bits per heavy atom. The fourth-order valence-electron chi connectivity index (χ4n) is 4.67. The topological polar surface area (TPSA) is 54.8 Å². The Morgan fingerprint density at radius 3 is 2.18 bits per heavy atom. The van der Waals surface area contributed by atoms with Crippen molar-refractivity contribution >= 4 is 32.1 Å². The summed E-state index contributed by atoms with van der Waals surface area (Å²) in [7, 11) is -3.67. The monoisotopic (exact) mass is 458 g/mol. The lowest BCUT2D eigenvalue weighted by Gasteiger charge is -2.38. The Hall–Kier alpha value is -3.38. The van der Waals surface area contributed by atoms with Gasteiger partial charge in [0.05, 0.1) is 16.0 Å². The molecule has 0 unspecified atom stereocenters. The van der Waals surface area contributed by atoms with Gasteiger partial charge in [-0.1, -0.05) is 42.5 Å². The van der Waals surface area contributed by atoms with Crippen molar-refractivity contribution in [2.45, 2.75) is 23.6 Å². The van der Waals surface area contributed by atoms with Crippen molar-refractivity contribution < 1.29 is 13.4 Å². The first-order chi connectivity index (χ1) is 16.0. The van der Waals surface area contributed by atoms with Gasteiger partial charge < -0.3 is 9.80 Å². The molecule has 0 spiro atoms. The third kappa shape index (κ3) is 3.85. The van der Waals surface area contributed by atoms with Gasteiger partial charge in [0.25, 0.3) is 0 Å². The first-order valence-corrected chi connectivity index (χ1v) is 12.7. The summed E-state index contributed by atoms with van der Waals surface area (Å²) in [6, 6.07) is 23.0. The molecule has 1 saturated heterocycles. The molecule has 0 aliphatic carbocycles. The zero-order chi connectivity index (χ0) is 23.0. The van der Waals surface area contributed by atoms with Gasteiger partial charge in [0.15, 0.2) is 11.1 Å². The molecule has 3 aromatic carbocycles. The molecule has 4 aromatic rings. The standard InChI is InChI=1S/C27H27N3O2S/c1-20-9-8-14-25(21(20)2)29-15-17-30(18-16-29)27-23-12-6-7-13-24(23)28-19-26(27)33(31,32)22-10-4-3-5-11-22/h3-14,19H,15-18H2,1-2H3/p+1. The van der Waals surface area contributed by atoms with Crippen LogP contribution in [0.3, 0.4) is 0 Å². The van der Waals surface area contributed by atoms with Crippen LogP contribution in [0.25, 0.3) is 10.9 Å². The van der Waals surface area contributed by atoms with Crippen LogP contribution in [-0.4, -0.2) is 34.6 Å². The van der Waals surface area contributed by atoms with Crippen molar-refractivity contribution in [2.24, 2.45) is 0 Å². The van der Waals surface area contributed by atoms with E-state index in [2.05, 4.69) is 46.8 Å². The molecule has 1 aromatic heterocycles. The highest BCUT2D eigenvalue weighted by Crippen LogP contribution is 2.35. The minimum atomic E-state index is -3.67. The third-order valence-corrected chi connectivity index (χ3v) is 8.41. The lowest BCUT2D eigenvalue weighted by atomic mass is 10.1. The van der Waals surface area contributed by atoms with Crippen molar-refractivity contribution in [1.82, 2.24) is 0 Å². The van der Waals surface area contributed by atoms with Crippen LogP contribution in [0, 0.1) is 13.8 Å². The molecule has 2 heterocycles. The molecule has 0 amide bonds. The Bertz CT molecular complexity index is 1410. The molecule has 0 bridgehead atoms. The molecule has 0 saturated carbocycles. The maximum Gasteiger partial charge on any atom is 0.214 e. The quantitative estimate of drug-likeness (QED) is 0.454. The maximum absolute atomic E-state index is 13.7. The van der Waals surface area contributed by atoms with E-state index in [1.165, 1.54) is 16.8 Å². The van der Waals surface area contributed by atoms with E-state index in [1.807, 2.05) is 30.3 Å². The molecule has 33 heavy (non-hydrogen) atoms. The lowest BCUT2D eigenvalue weighted by Crippen LogP contribution is -2.47. The van der Waals surface area contributed by atoms with Gasteiger partial charge in [0.2, 0.25) is 15.4 Å². The molecule has 0 atom stereocenters. The Balaban J connectivity index is 1.56. The van der Waals surface area contributed by atoms with Crippen molar-refractivity contribution in [3.05, 3.63) is 90.1 Å². The van der Waals surface area contributed by atoms with Crippen molar-refractivity contribution in [1.29, 1.82) is 0 Å². The maximum atomic E-state index is 13.7. The number of nitrogens with one attached hydrogen (secondary N) is 1. The van der Waals surface area contributed by atoms with Gasteiger partial charge >= 0.3 is 0 Å². The molecule has 1 aliphatic rings. The van der Waals surface area contributed by atoms with Crippen LogP contribution in [0.2, 0.25) is 0 Å². The van der Waals surface area contributed by atoms with Gasteiger partial charge in [0.1, 0.15) is 0 Å². The van der Waals surface area contributed by atoms with Crippen LogP contribution < -0.4 is 14.8 Å².